The molecule has 2 aliphatic heterocycles. The van der Waals surface area contributed by atoms with Gasteiger partial charge < -0.3 is 4.74 Å². The van der Waals surface area contributed by atoms with E-state index in [1.54, 1.807) is 0 Å². The number of fused-ring (bicyclic) bond motifs is 1. The summed E-state index contributed by atoms with van der Waals surface area (Å²) in [5.74, 6) is 0.755. The Labute approximate surface area is 107 Å². The molecule has 2 atom stereocenters. The standard InChI is InChI=1S/C14H19NOS/c1-10-3-2-6-15-12(9-10)13-14-11(4-7-16-13)5-8-17-14/h5,8,10,13H,2-4,6-7,9H2,1H3. The van der Waals surface area contributed by atoms with E-state index in [9.17, 15) is 0 Å². The van der Waals surface area contributed by atoms with Crippen LogP contribution in [-0.2, 0) is 11.2 Å². The molecule has 0 N–H and O–H groups in total. The van der Waals surface area contributed by atoms with Crippen molar-refractivity contribution >= 4 is 17.0 Å². The molecule has 2 aliphatic rings. The first-order chi connectivity index (χ1) is 8.34. The minimum atomic E-state index is 0.166. The smallest absolute Gasteiger partial charge is 0.129 e. The SMILES string of the molecule is CC1CCCN=C(C2OCCc3ccsc32)C1. The van der Waals surface area contributed by atoms with E-state index in [1.807, 2.05) is 11.3 Å². The van der Waals surface area contributed by atoms with Crippen molar-refractivity contribution in [2.45, 2.75) is 38.7 Å². The average Bonchev–Trinajstić information content (AvgIpc) is 2.71. The molecule has 0 saturated heterocycles. The summed E-state index contributed by atoms with van der Waals surface area (Å²) in [5.41, 5.74) is 2.77. The van der Waals surface area contributed by atoms with Gasteiger partial charge in [-0.2, -0.15) is 0 Å². The fraction of sp³-hybridized carbons (Fsp3) is 0.643. The molecule has 3 heterocycles. The summed E-state index contributed by atoms with van der Waals surface area (Å²) in [6, 6.07) is 2.25. The van der Waals surface area contributed by atoms with Crippen molar-refractivity contribution in [1.82, 2.24) is 0 Å². The van der Waals surface area contributed by atoms with Gasteiger partial charge in [0.2, 0.25) is 0 Å². The van der Waals surface area contributed by atoms with Gasteiger partial charge in [0.15, 0.2) is 0 Å². The van der Waals surface area contributed by atoms with Crippen molar-refractivity contribution in [1.29, 1.82) is 0 Å². The molecule has 0 aliphatic carbocycles. The maximum atomic E-state index is 5.99. The maximum Gasteiger partial charge on any atom is 0.129 e. The summed E-state index contributed by atoms with van der Waals surface area (Å²) in [5, 5.41) is 2.19. The molecule has 17 heavy (non-hydrogen) atoms. The predicted molar refractivity (Wildman–Crippen MR) is 72.0 cm³/mol. The third-order valence-corrected chi connectivity index (χ3v) is 4.71. The van der Waals surface area contributed by atoms with Crippen LogP contribution in [-0.4, -0.2) is 18.9 Å². The number of thiophene rings is 1. The van der Waals surface area contributed by atoms with Crippen LogP contribution in [0.25, 0.3) is 0 Å². The van der Waals surface area contributed by atoms with Crippen molar-refractivity contribution in [3.8, 4) is 0 Å². The predicted octanol–water partition coefficient (Wildman–Crippen LogP) is 3.62. The van der Waals surface area contributed by atoms with Gasteiger partial charge in [0.05, 0.1) is 6.61 Å². The Morgan fingerprint density at radius 1 is 1.47 bits per heavy atom. The molecule has 1 aromatic rings. The monoisotopic (exact) mass is 249 g/mol. The molecule has 2 nitrogen and oxygen atoms in total. The Morgan fingerprint density at radius 3 is 3.35 bits per heavy atom. The fourth-order valence-electron chi connectivity index (χ4n) is 2.77. The van der Waals surface area contributed by atoms with E-state index in [4.69, 9.17) is 9.73 Å². The molecule has 3 heteroatoms. The third-order valence-electron chi connectivity index (χ3n) is 3.70. The zero-order valence-electron chi connectivity index (χ0n) is 10.3. The molecule has 1 aromatic heterocycles. The summed E-state index contributed by atoms with van der Waals surface area (Å²) < 4.78 is 5.99. The fourth-order valence-corrected chi connectivity index (χ4v) is 3.80. The zero-order chi connectivity index (χ0) is 11.7. The zero-order valence-corrected chi connectivity index (χ0v) is 11.1. The van der Waals surface area contributed by atoms with Gasteiger partial charge in [0, 0.05) is 17.1 Å². The molecule has 0 radical (unpaired) electrons. The highest BCUT2D eigenvalue weighted by Crippen LogP contribution is 2.35. The summed E-state index contributed by atoms with van der Waals surface area (Å²) in [6.07, 6.45) is 4.88. The molecule has 0 bridgehead atoms. The van der Waals surface area contributed by atoms with Crippen LogP contribution in [0.2, 0.25) is 0 Å². The summed E-state index contributed by atoms with van der Waals surface area (Å²) in [7, 11) is 0. The van der Waals surface area contributed by atoms with Crippen LogP contribution < -0.4 is 0 Å². The lowest BCUT2D eigenvalue weighted by molar-refractivity contribution is 0.0888. The minimum Gasteiger partial charge on any atom is -0.366 e. The molecule has 3 rings (SSSR count). The van der Waals surface area contributed by atoms with Crippen LogP contribution in [0.4, 0.5) is 0 Å². The number of hydrogen-bond acceptors (Lipinski definition) is 3. The first kappa shape index (κ1) is 11.4. The summed E-state index contributed by atoms with van der Waals surface area (Å²) >= 11 is 1.83. The van der Waals surface area contributed by atoms with Crippen LogP contribution in [0.3, 0.4) is 0 Å². The van der Waals surface area contributed by atoms with Crippen molar-refractivity contribution in [3.63, 3.8) is 0 Å². The highest BCUT2D eigenvalue weighted by Gasteiger charge is 2.28. The molecular formula is C14H19NOS. The van der Waals surface area contributed by atoms with E-state index in [1.165, 1.54) is 29.0 Å². The van der Waals surface area contributed by atoms with E-state index >= 15 is 0 Å². The molecule has 0 saturated carbocycles. The Morgan fingerprint density at radius 2 is 2.41 bits per heavy atom. The normalized spacial score (nSPS) is 29.4. The first-order valence-electron chi connectivity index (χ1n) is 6.55. The van der Waals surface area contributed by atoms with Crippen LogP contribution in [0, 0.1) is 5.92 Å². The number of hydrogen-bond donors (Lipinski definition) is 0. The second-order valence-corrected chi connectivity index (χ2v) is 6.08. The van der Waals surface area contributed by atoms with Gasteiger partial charge in [0.25, 0.3) is 0 Å². The van der Waals surface area contributed by atoms with E-state index in [-0.39, 0.29) is 6.10 Å². The molecule has 92 valence electrons. The third kappa shape index (κ3) is 2.31. The van der Waals surface area contributed by atoms with Gasteiger partial charge in [-0.1, -0.05) is 6.92 Å². The lowest BCUT2D eigenvalue weighted by Crippen LogP contribution is -2.23. The van der Waals surface area contributed by atoms with Crippen molar-refractivity contribution in [3.05, 3.63) is 21.9 Å². The van der Waals surface area contributed by atoms with E-state index in [2.05, 4.69) is 18.4 Å². The lowest BCUT2D eigenvalue weighted by Gasteiger charge is -2.25. The Kier molecular flexibility index (Phi) is 3.30. The van der Waals surface area contributed by atoms with E-state index in [0.717, 1.165) is 31.9 Å². The maximum absolute atomic E-state index is 5.99. The lowest BCUT2D eigenvalue weighted by atomic mass is 9.95. The van der Waals surface area contributed by atoms with Crippen LogP contribution >= 0.6 is 11.3 Å². The van der Waals surface area contributed by atoms with Gasteiger partial charge >= 0.3 is 0 Å². The summed E-state index contributed by atoms with van der Waals surface area (Å²) in [4.78, 5) is 6.18. The van der Waals surface area contributed by atoms with Crippen LogP contribution in [0.1, 0.15) is 42.7 Å². The second kappa shape index (κ2) is 4.91. The van der Waals surface area contributed by atoms with Gasteiger partial charge in [-0.25, -0.2) is 0 Å². The van der Waals surface area contributed by atoms with Crippen LogP contribution in [0.15, 0.2) is 16.4 Å². The summed E-state index contributed by atoms with van der Waals surface area (Å²) in [6.45, 7) is 4.17. The quantitative estimate of drug-likeness (QED) is 0.745. The molecule has 0 fully saturated rings. The Balaban J connectivity index is 1.88. The van der Waals surface area contributed by atoms with Gasteiger partial charge in [-0.15, -0.1) is 11.3 Å². The van der Waals surface area contributed by atoms with E-state index < -0.39 is 0 Å². The van der Waals surface area contributed by atoms with E-state index in [0.29, 0.717) is 0 Å². The molecular weight excluding hydrogens is 230 g/mol. The Hall–Kier alpha value is -0.670. The Bertz CT molecular complexity index is 424. The van der Waals surface area contributed by atoms with Gasteiger partial charge in [-0.05, 0) is 48.6 Å². The molecule has 0 aromatic carbocycles. The number of ether oxygens (including phenoxy) is 1. The highest BCUT2D eigenvalue weighted by molar-refractivity contribution is 7.10. The molecule has 0 amide bonds. The van der Waals surface area contributed by atoms with Crippen molar-refractivity contribution in [2.75, 3.05) is 13.2 Å². The van der Waals surface area contributed by atoms with Gasteiger partial charge in [-0.3, -0.25) is 4.99 Å². The number of nitrogens with zero attached hydrogens (tertiary/aromatic N) is 1. The average molecular weight is 249 g/mol. The molecule has 2 unspecified atom stereocenters. The topological polar surface area (TPSA) is 21.6 Å². The minimum absolute atomic E-state index is 0.166. The highest BCUT2D eigenvalue weighted by atomic mass is 32.1. The largest absolute Gasteiger partial charge is 0.366 e. The first-order valence-corrected chi connectivity index (χ1v) is 7.43. The van der Waals surface area contributed by atoms with Gasteiger partial charge in [0.1, 0.15) is 6.10 Å². The van der Waals surface area contributed by atoms with Crippen molar-refractivity contribution < 1.29 is 4.74 Å². The van der Waals surface area contributed by atoms with Crippen LogP contribution in [0.5, 0.6) is 0 Å². The number of rotatable bonds is 1. The second-order valence-electron chi connectivity index (χ2n) is 5.14. The van der Waals surface area contributed by atoms with Crippen molar-refractivity contribution in [2.24, 2.45) is 10.9 Å². The molecule has 0 spiro atoms. The number of aliphatic imine (C=N–C) groups is 1.